The fourth-order valence-corrected chi connectivity index (χ4v) is 0.857. The quantitative estimate of drug-likeness (QED) is 0.692. The highest BCUT2D eigenvalue weighted by molar-refractivity contribution is 4.73. The van der Waals surface area contributed by atoms with Crippen LogP contribution in [0, 0.1) is 0 Å². The predicted molar refractivity (Wildman–Crippen MR) is 52.1 cm³/mol. The van der Waals surface area contributed by atoms with Gasteiger partial charge in [-0.15, -0.1) is 0 Å². The zero-order valence-corrected chi connectivity index (χ0v) is 8.25. The summed E-state index contributed by atoms with van der Waals surface area (Å²) in [6.45, 7) is 6.12. The lowest BCUT2D eigenvalue weighted by Crippen LogP contribution is -2.10. The number of aryl methyl sites for hydroxylation is 1. The van der Waals surface area contributed by atoms with Gasteiger partial charge >= 0.3 is 0 Å². The molecule has 0 aliphatic carbocycles. The molecule has 1 N–H and O–H groups in total. The molecule has 0 aliphatic heterocycles. The number of hydrogen-bond acceptors (Lipinski definition) is 2. The van der Waals surface area contributed by atoms with Crippen LogP contribution in [0.4, 0.5) is 0 Å². The number of nitrogens with one attached hydrogen (secondary N) is 1. The van der Waals surface area contributed by atoms with Crippen LogP contribution in [0.2, 0.25) is 0 Å². The molecule has 0 spiro atoms. The Morgan fingerprint density at radius 2 is 2.17 bits per heavy atom. The summed E-state index contributed by atoms with van der Waals surface area (Å²) in [6, 6.07) is 0. The van der Waals surface area contributed by atoms with Crippen LogP contribution in [0.3, 0.4) is 0 Å². The van der Waals surface area contributed by atoms with Gasteiger partial charge in [-0.05, 0) is 20.0 Å². The monoisotopic (exact) mass is 169 g/mol. The average molecular weight is 169 g/mol. The standard InChI is InChI=1S/C7H13N3.C2H6/c1-8-3-2-5-10-6-4-9-7-10;1-2/h4,6-8H,2-3,5H2,1H3;1-2H3. The zero-order chi connectivity index (χ0) is 9.23. The molecule has 0 atom stereocenters. The van der Waals surface area contributed by atoms with Crippen LogP contribution < -0.4 is 5.32 Å². The number of rotatable bonds is 4. The fraction of sp³-hybridized carbons (Fsp3) is 0.667. The first-order valence-corrected chi connectivity index (χ1v) is 4.54. The van der Waals surface area contributed by atoms with Gasteiger partial charge in [-0.1, -0.05) is 13.8 Å². The Morgan fingerprint density at radius 1 is 1.42 bits per heavy atom. The number of hydrogen-bond donors (Lipinski definition) is 1. The SMILES string of the molecule is CC.CNCCCn1ccnc1. The van der Waals surface area contributed by atoms with Crippen molar-refractivity contribution < 1.29 is 0 Å². The molecule has 0 aromatic carbocycles. The minimum atomic E-state index is 1.06. The van der Waals surface area contributed by atoms with E-state index in [0.717, 1.165) is 19.5 Å². The number of nitrogens with zero attached hydrogens (tertiary/aromatic N) is 2. The first-order valence-electron chi connectivity index (χ1n) is 4.54. The second-order valence-electron chi connectivity index (χ2n) is 2.26. The summed E-state index contributed by atoms with van der Waals surface area (Å²) >= 11 is 0. The van der Waals surface area contributed by atoms with Crippen molar-refractivity contribution in [2.45, 2.75) is 26.8 Å². The molecule has 1 rings (SSSR count). The van der Waals surface area contributed by atoms with Crippen molar-refractivity contribution in [1.29, 1.82) is 0 Å². The van der Waals surface area contributed by atoms with Crippen molar-refractivity contribution in [2.75, 3.05) is 13.6 Å². The first-order chi connectivity index (χ1) is 5.93. The van der Waals surface area contributed by atoms with Crippen molar-refractivity contribution in [3.63, 3.8) is 0 Å². The highest BCUT2D eigenvalue weighted by Crippen LogP contribution is 1.87. The van der Waals surface area contributed by atoms with Gasteiger partial charge in [-0.25, -0.2) is 4.98 Å². The van der Waals surface area contributed by atoms with Crippen LogP contribution in [0.1, 0.15) is 20.3 Å². The third-order valence-corrected chi connectivity index (χ3v) is 1.40. The summed E-state index contributed by atoms with van der Waals surface area (Å²) in [4.78, 5) is 3.94. The van der Waals surface area contributed by atoms with E-state index in [4.69, 9.17) is 0 Å². The van der Waals surface area contributed by atoms with Crippen molar-refractivity contribution in [3.8, 4) is 0 Å². The van der Waals surface area contributed by atoms with Crippen LogP contribution in [0.15, 0.2) is 18.7 Å². The molecule has 1 aromatic rings. The second-order valence-corrected chi connectivity index (χ2v) is 2.26. The van der Waals surface area contributed by atoms with E-state index < -0.39 is 0 Å². The molecule has 0 amide bonds. The molecular formula is C9H19N3. The summed E-state index contributed by atoms with van der Waals surface area (Å²) in [5.41, 5.74) is 0. The fourth-order valence-electron chi connectivity index (χ4n) is 0.857. The maximum absolute atomic E-state index is 3.94. The molecule has 0 unspecified atom stereocenters. The van der Waals surface area contributed by atoms with Crippen molar-refractivity contribution in [3.05, 3.63) is 18.7 Å². The lowest BCUT2D eigenvalue weighted by Gasteiger charge is -1.99. The maximum atomic E-state index is 3.94. The number of aromatic nitrogens is 2. The average Bonchev–Trinajstić information content (AvgIpc) is 2.61. The van der Waals surface area contributed by atoms with E-state index in [1.54, 1.807) is 6.20 Å². The van der Waals surface area contributed by atoms with E-state index in [-0.39, 0.29) is 0 Å². The van der Waals surface area contributed by atoms with E-state index in [2.05, 4.69) is 14.9 Å². The van der Waals surface area contributed by atoms with Crippen LogP contribution in [0.5, 0.6) is 0 Å². The molecule has 0 aliphatic rings. The molecule has 0 saturated heterocycles. The predicted octanol–water partition coefficient (Wildman–Crippen LogP) is 1.52. The zero-order valence-electron chi connectivity index (χ0n) is 8.25. The van der Waals surface area contributed by atoms with E-state index in [1.807, 2.05) is 33.4 Å². The van der Waals surface area contributed by atoms with Crippen LogP contribution in [0.25, 0.3) is 0 Å². The summed E-state index contributed by atoms with van der Waals surface area (Å²) in [6.07, 6.45) is 6.79. The van der Waals surface area contributed by atoms with Gasteiger partial charge in [-0.3, -0.25) is 0 Å². The third-order valence-electron chi connectivity index (χ3n) is 1.40. The second kappa shape index (κ2) is 8.27. The topological polar surface area (TPSA) is 29.9 Å². The molecular weight excluding hydrogens is 150 g/mol. The van der Waals surface area contributed by atoms with Gasteiger partial charge in [0.15, 0.2) is 0 Å². The van der Waals surface area contributed by atoms with Gasteiger partial charge in [-0.2, -0.15) is 0 Å². The third kappa shape index (κ3) is 4.91. The summed E-state index contributed by atoms with van der Waals surface area (Å²) in [7, 11) is 1.97. The number of imidazole rings is 1. The molecule has 3 heteroatoms. The Labute approximate surface area is 74.8 Å². The van der Waals surface area contributed by atoms with Gasteiger partial charge in [0.05, 0.1) is 6.33 Å². The molecule has 0 saturated carbocycles. The molecule has 1 heterocycles. The molecule has 0 radical (unpaired) electrons. The lowest BCUT2D eigenvalue weighted by atomic mass is 10.4. The summed E-state index contributed by atoms with van der Waals surface area (Å²) < 4.78 is 2.08. The van der Waals surface area contributed by atoms with Crippen molar-refractivity contribution >= 4 is 0 Å². The highest BCUT2D eigenvalue weighted by atomic mass is 15.0. The Bertz CT molecular complexity index is 158. The molecule has 12 heavy (non-hydrogen) atoms. The Balaban J connectivity index is 0.000000561. The summed E-state index contributed by atoms with van der Waals surface area (Å²) in [5.74, 6) is 0. The van der Waals surface area contributed by atoms with Crippen molar-refractivity contribution in [2.24, 2.45) is 0 Å². The largest absolute Gasteiger partial charge is 0.337 e. The molecule has 1 aromatic heterocycles. The highest BCUT2D eigenvalue weighted by Gasteiger charge is 1.86. The minimum Gasteiger partial charge on any atom is -0.337 e. The molecule has 3 nitrogen and oxygen atoms in total. The van der Waals surface area contributed by atoms with Gasteiger partial charge in [0.1, 0.15) is 0 Å². The smallest absolute Gasteiger partial charge is 0.0945 e. The summed E-state index contributed by atoms with van der Waals surface area (Å²) in [5, 5.41) is 3.10. The van der Waals surface area contributed by atoms with Crippen LogP contribution in [-0.2, 0) is 6.54 Å². The Kier molecular flexibility index (Phi) is 7.70. The van der Waals surface area contributed by atoms with Crippen molar-refractivity contribution in [1.82, 2.24) is 14.9 Å². The lowest BCUT2D eigenvalue weighted by molar-refractivity contribution is 0.612. The van der Waals surface area contributed by atoms with E-state index >= 15 is 0 Å². The maximum Gasteiger partial charge on any atom is 0.0945 e. The normalized spacial score (nSPS) is 8.92. The van der Waals surface area contributed by atoms with Crippen LogP contribution in [-0.4, -0.2) is 23.1 Å². The van der Waals surface area contributed by atoms with Gasteiger partial charge in [0.25, 0.3) is 0 Å². The minimum absolute atomic E-state index is 1.06. The molecule has 0 fully saturated rings. The Hall–Kier alpha value is -0.830. The van der Waals surface area contributed by atoms with E-state index in [1.165, 1.54) is 0 Å². The molecule has 70 valence electrons. The first kappa shape index (κ1) is 11.2. The Morgan fingerprint density at radius 3 is 2.67 bits per heavy atom. The van der Waals surface area contributed by atoms with Gasteiger partial charge in [0, 0.05) is 18.9 Å². The van der Waals surface area contributed by atoms with Gasteiger partial charge < -0.3 is 9.88 Å². The molecule has 0 bridgehead atoms. The van der Waals surface area contributed by atoms with Gasteiger partial charge in [0.2, 0.25) is 0 Å². The van der Waals surface area contributed by atoms with Crippen LogP contribution >= 0.6 is 0 Å². The van der Waals surface area contributed by atoms with E-state index in [0.29, 0.717) is 0 Å². The van der Waals surface area contributed by atoms with E-state index in [9.17, 15) is 0 Å².